The molecule has 1 amide bonds. The quantitative estimate of drug-likeness (QED) is 0.832. The van der Waals surface area contributed by atoms with Crippen molar-refractivity contribution in [2.45, 2.75) is 32.2 Å². The van der Waals surface area contributed by atoms with Gasteiger partial charge in [0.05, 0.1) is 6.04 Å². The summed E-state index contributed by atoms with van der Waals surface area (Å²) >= 11 is 0. The SMILES string of the molecule is CCC(NC(=O)CCc1ccncc1)c1ncc[nH]1. The van der Waals surface area contributed by atoms with Crippen molar-refractivity contribution in [3.63, 3.8) is 0 Å². The van der Waals surface area contributed by atoms with Gasteiger partial charge in [0.2, 0.25) is 5.91 Å². The molecule has 2 heterocycles. The second kappa shape index (κ2) is 6.68. The Kier molecular flexibility index (Phi) is 4.66. The molecule has 0 bridgehead atoms. The van der Waals surface area contributed by atoms with Crippen LogP contribution in [0.15, 0.2) is 36.9 Å². The average molecular weight is 258 g/mol. The molecule has 19 heavy (non-hydrogen) atoms. The number of hydrogen-bond donors (Lipinski definition) is 2. The summed E-state index contributed by atoms with van der Waals surface area (Å²) in [6.07, 6.45) is 8.96. The minimum Gasteiger partial charge on any atom is -0.347 e. The number of aryl methyl sites for hydroxylation is 1. The maximum atomic E-state index is 11.9. The van der Waals surface area contributed by atoms with Gasteiger partial charge in [-0.3, -0.25) is 9.78 Å². The highest BCUT2D eigenvalue weighted by Crippen LogP contribution is 2.11. The molecule has 0 aliphatic carbocycles. The first-order valence-electron chi connectivity index (χ1n) is 6.47. The lowest BCUT2D eigenvalue weighted by atomic mass is 10.1. The van der Waals surface area contributed by atoms with E-state index in [9.17, 15) is 4.79 Å². The fraction of sp³-hybridized carbons (Fsp3) is 0.357. The first-order chi connectivity index (χ1) is 9.29. The molecule has 0 aromatic carbocycles. The predicted octanol–water partition coefficient (Wildman–Crippen LogP) is 2.00. The first-order valence-corrected chi connectivity index (χ1v) is 6.47. The van der Waals surface area contributed by atoms with E-state index in [1.807, 2.05) is 19.1 Å². The second-order valence-electron chi connectivity index (χ2n) is 4.36. The van der Waals surface area contributed by atoms with Crippen LogP contribution in [0, 0.1) is 0 Å². The average Bonchev–Trinajstić information content (AvgIpc) is 2.97. The number of aromatic amines is 1. The molecule has 1 atom stereocenters. The van der Waals surface area contributed by atoms with Crippen LogP contribution in [-0.2, 0) is 11.2 Å². The predicted molar refractivity (Wildman–Crippen MR) is 72.3 cm³/mol. The molecule has 0 saturated carbocycles. The van der Waals surface area contributed by atoms with E-state index in [-0.39, 0.29) is 11.9 Å². The van der Waals surface area contributed by atoms with Crippen molar-refractivity contribution in [3.05, 3.63) is 48.3 Å². The van der Waals surface area contributed by atoms with Crippen molar-refractivity contribution in [2.24, 2.45) is 0 Å². The van der Waals surface area contributed by atoms with E-state index >= 15 is 0 Å². The summed E-state index contributed by atoms with van der Waals surface area (Å²) in [4.78, 5) is 23.1. The number of carbonyl (C=O) groups excluding carboxylic acids is 1. The summed E-state index contributed by atoms with van der Waals surface area (Å²) in [6, 6.07) is 3.81. The maximum absolute atomic E-state index is 11.9. The molecular formula is C14H18N4O. The van der Waals surface area contributed by atoms with Gasteiger partial charge in [-0.15, -0.1) is 0 Å². The second-order valence-corrected chi connectivity index (χ2v) is 4.36. The zero-order valence-electron chi connectivity index (χ0n) is 11.0. The van der Waals surface area contributed by atoms with Gasteiger partial charge in [0, 0.05) is 31.2 Å². The Labute approximate surface area is 112 Å². The van der Waals surface area contributed by atoms with E-state index in [1.165, 1.54) is 0 Å². The molecule has 5 heteroatoms. The smallest absolute Gasteiger partial charge is 0.220 e. The van der Waals surface area contributed by atoms with Gasteiger partial charge in [0.1, 0.15) is 5.82 Å². The van der Waals surface area contributed by atoms with Crippen molar-refractivity contribution >= 4 is 5.91 Å². The molecular weight excluding hydrogens is 240 g/mol. The van der Waals surface area contributed by atoms with Gasteiger partial charge in [0.25, 0.3) is 0 Å². The van der Waals surface area contributed by atoms with Gasteiger partial charge >= 0.3 is 0 Å². The van der Waals surface area contributed by atoms with Crippen LogP contribution >= 0.6 is 0 Å². The number of nitrogens with zero attached hydrogens (tertiary/aromatic N) is 2. The van der Waals surface area contributed by atoms with Crippen molar-refractivity contribution < 1.29 is 4.79 Å². The van der Waals surface area contributed by atoms with E-state index in [1.54, 1.807) is 24.8 Å². The van der Waals surface area contributed by atoms with Crippen LogP contribution in [0.25, 0.3) is 0 Å². The third-order valence-electron chi connectivity index (χ3n) is 2.98. The van der Waals surface area contributed by atoms with E-state index in [0.717, 1.165) is 24.2 Å². The number of carbonyl (C=O) groups is 1. The number of aromatic nitrogens is 3. The Morgan fingerprint density at radius 3 is 2.79 bits per heavy atom. The van der Waals surface area contributed by atoms with Gasteiger partial charge in [0.15, 0.2) is 0 Å². The highest BCUT2D eigenvalue weighted by atomic mass is 16.1. The van der Waals surface area contributed by atoms with Crippen molar-refractivity contribution in [1.82, 2.24) is 20.3 Å². The molecule has 0 radical (unpaired) electrons. The van der Waals surface area contributed by atoms with Crippen molar-refractivity contribution in [3.8, 4) is 0 Å². The normalized spacial score (nSPS) is 12.1. The molecule has 2 rings (SSSR count). The summed E-state index contributed by atoms with van der Waals surface area (Å²) < 4.78 is 0. The Morgan fingerprint density at radius 1 is 1.37 bits per heavy atom. The Morgan fingerprint density at radius 2 is 2.16 bits per heavy atom. The van der Waals surface area contributed by atoms with Crippen LogP contribution < -0.4 is 5.32 Å². The van der Waals surface area contributed by atoms with Crippen LogP contribution in [0.5, 0.6) is 0 Å². The zero-order chi connectivity index (χ0) is 13.5. The molecule has 5 nitrogen and oxygen atoms in total. The lowest BCUT2D eigenvalue weighted by Gasteiger charge is -2.14. The summed E-state index contributed by atoms with van der Waals surface area (Å²) in [5.41, 5.74) is 1.12. The van der Waals surface area contributed by atoms with Gasteiger partial charge in [-0.1, -0.05) is 6.92 Å². The summed E-state index contributed by atoms with van der Waals surface area (Å²) in [5, 5.41) is 2.99. The van der Waals surface area contributed by atoms with Gasteiger partial charge in [-0.25, -0.2) is 4.98 Å². The molecule has 1 unspecified atom stereocenters. The number of nitrogens with one attached hydrogen (secondary N) is 2. The summed E-state index contributed by atoms with van der Waals surface area (Å²) in [6.45, 7) is 2.02. The lowest BCUT2D eigenvalue weighted by Crippen LogP contribution is -2.29. The van der Waals surface area contributed by atoms with E-state index in [0.29, 0.717) is 6.42 Å². The molecule has 0 saturated heterocycles. The largest absolute Gasteiger partial charge is 0.347 e. The van der Waals surface area contributed by atoms with Crippen LogP contribution in [0.2, 0.25) is 0 Å². The molecule has 2 N–H and O–H groups in total. The van der Waals surface area contributed by atoms with E-state index < -0.39 is 0 Å². The van der Waals surface area contributed by atoms with Crippen LogP contribution in [0.4, 0.5) is 0 Å². The fourth-order valence-corrected chi connectivity index (χ4v) is 1.91. The van der Waals surface area contributed by atoms with Gasteiger partial charge in [-0.05, 0) is 30.5 Å². The highest BCUT2D eigenvalue weighted by Gasteiger charge is 2.14. The Balaban J connectivity index is 1.84. The monoisotopic (exact) mass is 258 g/mol. The topological polar surface area (TPSA) is 70.7 Å². The van der Waals surface area contributed by atoms with Crippen molar-refractivity contribution in [1.29, 1.82) is 0 Å². The molecule has 0 fully saturated rings. The number of rotatable bonds is 6. The third kappa shape index (κ3) is 3.91. The standard InChI is InChI=1S/C14H18N4O/c1-2-12(14-16-9-10-17-14)18-13(19)4-3-11-5-7-15-8-6-11/h5-10,12H,2-4H2,1H3,(H,16,17)(H,18,19). The van der Waals surface area contributed by atoms with E-state index in [4.69, 9.17) is 0 Å². The summed E-state index contributed by atoms with van der Waals surface area (Å²) in [5.74, 6) is 0.847. The maximum Gasteiger partial charge on any atom is 0.220 e. The molecule has 2 aromatic rings. The lowest BCUT2D eigenvalue weighted by molar-refractivity contribution is -0.121. The molecule has 100 valence electrons. The van der Waals surface area contributed by atoms with Crippen molar-refractivity contribution in [2.75, 3.05) is 0 Å². The van der Waals surface area contributed by atoms with E-state index in [2.05, 4.69) is 20.3 Å². The molecule has 0 spiro atoms. The minimum atomic E-state index is -0.0417. The number of hydrogen-bond acceptors (Lipinski definition) is 3. The highest BCUT2D eigenvalue weighted by molar-refractivity contribution is 5.76. The Hall–Kier alpha value is -2.17. The number of H-pyrrole nitrogens is 1. The van der Waals surface area contributed by atoms with Crippen LogP contribution in [0.3, 0.4) is 0 Å². The van der Waals surface area contributed by atoms with Gasteiger partial charge in [-0.2, -0.15) is 0 Å². The number of pyridine rings is 1. The fourth-order valence-electron chi connectivity index (χ4n) is 1.91. The molecule has 2 aromatic heterocycles. The zero-order valence-corrected chi connectivity index (χ0v) is 11.0. The Bertz CT molecular complexity index is 495. The summed E-state index contributed by atoms with van der Waals surface area (Å²) in [7, 11) is 0. The number of amides is 1. The minimum absolute atomic E-state index is 0.0417. The van der Waals surface area contributed by atoms with Crippen LogP contribution in [0.1, 0.15) is 37.2 Å². The third-order valence-corrected chi connectivity index (χ3v) is 2.98. The van der Waals surface area contributed by atoms with Crippen LogP contribution in [-0.4, -0.2) is 20.9 Å². The first kappa shape index (κ1) is 13.3. The molecule has 0 aliphatic rings. The molecule has 0 aliphatic heterocycles. The van der Waals surface area contributed by atoms with Gasteiger partial charge < -0.3 is 10.3 Å². The number of imidazole rings is 1.